The van der Waals surface area contributed by atoms with Gasteiger partial charge >= 0.3 is 6.18 Å². The van der Waals surface area contributed by atoms with E-state index in [1.807, 2.05) is 0 Å². The van der Waals surface area contributed by atoms with Crippen molar-refractivity contribution in [2.75, 3.05) is 32.1 Å². The lowest BCUT2D eigenvalue weighted by Gasteiger charge is -2.42. The number of rotatable bonds is 5. The van der Waals surface area contributed by atoms with E-state index < -0.39 is 29.9 Å². The molecule has 0 spiro atoms. The van der Waals surface area contributed by atoms with E-state index in [1.165, 1.54) is 6.07 Å². The van der Waals surface area contributed by atoms with Gasteiger partial charge in [-0.15, -0.1) is 0 Å². The smallest absolute Gasteiger partial charge is 0.416 e. The summed E-state index contributed by atoms with van der Waals surface area (Å²) < 4.78 is 56.1. The molecule has 4 atom stereocenters. The minimum absolute atomic E-state index is 0.0446. The van der Waals surface area contributed by atoms with Crippen molar-refractivity contribution in [2.45, 2.75) is 56.2 Å². The van der Waals surface area contributed by atoms with E-state index in [0.29, 0.717) is 43.9 Å². The van der Waals surface area contributed by atoms with Gasteiger partial charge in [0.25, 0.3) is 11.8 Å². The highest BCUT2D eigenvalue weighted by molar-refractivity contribution is 6.05. The number of benzene rings is 2. The highest BCUT2D eigenvalue weighted by Gasteiger charge is 2.39. The van der Waals surface area contributed by atoms with E-state index in [4.69, 9.17) is 14.2 Å². The lowest BCUT2D eigenvalue weighted by molar-refractivity contribution is -0.137. The Balaban J connectivity index is 1.23. The summed E-state index contributed by atoms with van der Waals surface area (Å²) in [6.45, 7) is 1.12. The molecule has 2 fully saturated rings. The van der Waals surface area contributed by atoms with E-state index in [0.717, 1.165) is 30.7 Å². The number of nitrogens with one attached hydrogen (secondary N) is 2. The first-order valence-electron chi connectivity index (χ1n) is 13.2. The van der Waals surface area contributed by atoms with Crippen molar-refractivity contribution in [3.63, 3.8) is 0 Å². The van der Waals surface area contributed by atoms with Crippen molar-refractivity contribution >= 4 is 23.4 Å². The van der Waals surface area contributed by atoms with E-state index in [9.17, 15) is 27.6 Å². The van der Waals surface area contributed by atoms with Crippen molar-refractivity contribution in [1.29, 1.82) is 0 Å². The first-order chi connectivity index (χ1) is 19.1. The summed E-state index contributed by atoms with van der Waals surface area (Å²) in [7, 11) is 1.69. The quantitative estimate of drug-likeness (QED) is 0.578. The maximum Gasteiger partial charge on any atom is 0.416 e. The Labute approximate surface area is 228 Å². The van der Waals surface area contributed by atoms with Gasteiger partial charge in [0, 0.05) is 31.5 Å². The van der Waals surface area contributed by atoms with Crippen molar-refractivity contribution in [3.05, 3.63) is 59.2 Å². The molecule has 3 heterocycles. The molecule has 2 N–H and O–H groups in total. The normalized spacial score (nSPS) is 24.7. The Kier molecular flexibility index (Phi) is 7.99. The Hall–Kier alpha value is -3.64. The van der Waals surface area contributed by atoms with Gasteiger partial charge < -0.3 is 29.7 Å². The standard InChI is InChI=1S/C28H30F3N3O6/c1-34-21-10-9-19(14-32-26(36)23-3-2-12-38-23)40-24(21)15-39-22-11-8-18(13-20(22)27(34)37)33-25(35)16-4-6-17(7-5-16)28(29,30)31/h4-8,11,13,19,21,23-24H,2-3,9-10,12,14-15H2,1H3,(H,32,36)(H,33,35)/t19-,21-,23-,24-/m0/s1. The number of nitrogens with zero attached hydrogens (tertiary/aromatic N) is 1. The molecule has 0 saturated carbocycles. The van der Waals surface area contributed by atoms with Gasteiger partial charge in [-0.1, -0.05) is 0 Å². The molecular weight excluding hydrogens is 531 g/mol. The molecule has 40 heavy (non-hydrogen) atoms. The maximum absolute atomic E-state index is 13.4. The lowest BCUT2D eigenvalue weighted by Crippen LogP contribution is -2.55. The molecule has 0 aromatic heterocycles. The van der Waals surface area contributed by atoms with Crippen LogP contribution in [-0.4, -0.2) is 73.8 Å². The van der Waals surface area contributed by atoms with Crippen molar-refractivity contribution in [1.82, 2.24) is 10.2 Å². The second kappa shape index (κ2) is 11.5. The van der Waals surface area contributed by atoms with Crippen LogP contribution in [0, 0.1) is 0 Å². The summed E-state index contributed by atoms with van der Waals surface area (Å²) in [6.07, 6.45) is -2.67. The Morgan fingerprint density at radius 3 is 2.55 bits per heavy atom. The number of carbonyl (C=O) groups is 3. The zero-order valence-electron chi connectivity index (χ0n) is 21.8. The van der Waals surface area contributed by atoms with E-state index >= 15 is 0 Å². The van der Waals surface area contributed by atoms with Gasteiger partial charge in [0.05, 0.1) is 23.3 Å². The van der Waals surface area contributed by atoms with E-state index in [2.05, 4.69) is 10.6 Å². The Bertz CT molecular complexity index is 1260. The van der Waals surface area contributed by atoms with Crippen LogP contribution in [0.3, 0.4) is 0 Å². The summed E-state index contributed by atoms with van der Waals surface area (Å²) in [5.74, 6) is -0.747. The topological polar surface area (TPSA) is 106 Å². The summed E-state index contributed by atoms with van der Waals surface area (Å²) in [4.78, 5) is 40.0. The minimum Gasteiger partial charge on any atom is -0.490 e. The number of halogens is 3. The third-order valence-corrected chi connectivity index (χ3v) is 7.47. The summed E-state index contributed by atoms with van der Waals surface area (Å²) in [5, 5.41) is 5.53. The lowest BCUT2D eigenvalue weighted by atomic mass is 9.95. The van der Waals surface area contributed by atoms with Crippen molar-refractivity contribution in [3.8, 4) is 5.75 Å². The monoisotopic (exact) mass is 561 g/mol. The van der Waals surface area contributed by atoms with Crippen LogP contribution in [0.4, 0.5) is 18.9 Å². The zero-order valence-corrected chi connectivity index (χ0v) is 21.8. The molecule has 5 rings (SSSR count). The fourth-order valence-electron chi connectivity index (χ4n) is 5.23. The summed E-state index contributed by atoms with van der Waals surface area (Å²) in [6, 6.07) is 8.22. The van der Waals surface area contributed by atoms with Crippen molar-refractivity contribution in [2.24, 2.45) is 0 Å². The van der Waals surface area contributed by atoms with Crippen LogP contribution in [0.1, 0.15) is 52.0 Å². The van der Waals surface area contributed by atoms with Gasteiger partial charge in [-0.05, 0) is 68.1 Å². The van der Waals surface area contributed by atoms with Crippen LogP contribution in [0.5, 0.6) is 5.75 Å². The van der Waals surface area contributed by atoms with Gasteiger partial charge in [0.2, 0.25) is 5.91 Å². The predicted molar refractivity (Wildman–Crippen MR) is 137 cm³/mol. The SMILES string of the molecule is CN1C(=O)c2cc(NC(=O)c3ccc(C(F)(F)F)cc3)ccc2OC[C@@H]2O[C@H](CNC(=O)[C@@H]3CCCO3)CC[C@@H]21. The van der Waals surface area contributed by atoms with Gasteiger partial charge in [-0.25, -0.2) is 0 Å². The fourth-order valence-corrected chi connectivity index (χ4v) is 5.23. The third-order valence-electron chi connectivity index (χ3n) is 7.47. The number of likely N-dealkylation sites (N-methyl/N-ethyl adjacent to an activating group) is 1. The molecule has 3 amide bonds. The second-order valence-corrected chi connectivity index (χ2v) is 10.2. The number of fused-ring (bicyclic) bond motifs is 2. The van der Waals surface area contributed by atoms with Gasteiger partial charge in [-0.2, -0.15) is 13.2 Å². The average Bonchev–Trinajstić information content (AvgIpc) is 3.49. The molecule has 2 aromatic carbocycles. The minimum atomic E-state index is -4.50. The number of anilines is 1. The molecule has 0 unspecified atom stereocenters. The average molecular weight is 562 g/mol. The summed E-state index contributed by atoms with van der Waals surface area (Å²) in [5.41, 5.74) is -0.260. The molecule has 0 aliphatic carbocycles. The van der Waals surface area contributed by atoms with Gasteiger partial charge in [-0.3, -0.25) is 14.4 Å². The number of amides is 3. The zero-order chi connectivity index (χ0) is 28.4. The summed E-state index contributed by atoms with van der Waals surface area (Å²) >= 11 is 0. The van der Waals surface area contributed by atoms with Gasteiger partial charge in [0.1, 0.15) is 24.6 Å². The van der Waals surface area contributed by atoms with Crippen LogP contribution in [0.15, 0.2) is 42.5 Å². The second-order valence-electron chi connectivity index (χ2n) is 10.2. The molecule has 0 radical (unpaired) electrons. The number of carbonyl (C=O) groups excluding carboxylic acids is 3. The predicted octanol–water partition coefficient (Wildman–Crippen LogP) is 3.63. The number of hydrogen-bond donors (Lipinski definition) is 2. The van der Waals surface area contributed by atoms with Crippen LogP contribution in [0.2, 0.25) is 0 Å². The molecule has 0 bridgehead atoms. The van der Waals surface area contributed by atoms with Crippen LogP contribution in [0.25, 0.3) is 0 Å². The molecule has 2 saturated heterocycles. The Morgan fingerprint density at radius 1 is 1.07 bits per heavy atom. The van der Waals surface area contributed by atoms with E-state index in [1.54, 1.807) is 24.1 Å². The first kappa shape index (κ1) is 27.9. The molecule has 12 heteroatoms. The third kappa shape index (κ3) is 6.07. The molecule has 3 aliphatic rings. The number of alkyl halides is 3. The molecular formula is C28H30F3N3O6. The highest BCUT2D eigenvalue weighted by Crippen LogP contribution is 2.32. The first-order valence-corrected chi connectivity index (χ1v) is 13.2. The maximum atomic E-state index is 13.4. The Morgan fingerprint density at radius 2 is 1.85 bits per heavy atom. The highest BCUT2D eigenvalue weighted by atomic mass is 19.4. The molecule has 9 nitrogen and oxygen atoms in total. The van der Waals surface area contributed by atoms with Crippen LogP contribution in [-0.2, 0) is 20.4 Å². The van der Waals surface area contributed by atoms with Gasteiger partial charge in [0.15, 0.2) is 0 Å². The number of hydrogen-bond acceptors (Lipinski definition) is 6. The van der Waals surface area contributed by atoms with E-state index in [-0.39, 0.29) is 41.7 Å². The molecule has 3 aliphatic heterocycles. The van der Waals surface area contributed by atoms with Crippen LogP contribution >= 0.6 is 0 Å². The fraction of sp³-hybridized carbons (Fsp3) is 0.464. The largest absolute Gasteiger partial charge is 0.490 e. The molecule has 214 valence electrons. The molecule has 2 aromatic rings. The number of ether oxygens (including phenoxy) is 3. The van der Waals surface area contributed by atoms with Crippen LogP contribution < -0.4 is 15.4 Å². The van der Waals surface area contributed by atoms with Crippen molar-refractivity contribution < 1.29 is 41.8 Å².